The molecule has 0 saturated heterocycles. The zero-order chi connectivity index (χ0) is 12.2. The first-order valence-electron chi connectivity index (χ1n) is 6.06. The minimum Gasteiger partial charge on any atom is -0.275 e. The van der Waals surface area contributed by atoms with Crippen molar-refractivity contribution in [2.75, 3.05) is 6.54 Å². The summed E-state index contributed by atoms with van der Waals surface area (Å²) in [6.07, 6.45) is 7.07. The van der Waals surface area contributed by atoms with Crippen molar-refractivity contribution in [1.82, 2.24) is 4.90 Å². The highest BCUT2D eigenvalue weighted by atomic mass is 16.2. The third-order valence-corrected chi connectivity index (χ3v) is 3.43. The molecule has 90 valence electrons. The Morgan fingerprint density at radius 2 is 1.75 bits per heavy atom. The molecule has 0 fully saturated rings. The van der Waals surface area contributed by atoms with Crippen molar-refractivity contribution in [3.05, 3.63) is 12.2 Å². The van der Waals surface area contributed by atoms with Gasteiger partial charge < -0.3 is 0 Å². The van der Waals surface area contributed by atoms with Gasteiger partial charge in [0.15, 0.2) is 0 Å². The Hall–Kier alpha value is -1.12. The summed E-state index contributed by atoms with van der Waals surface area (Å²) in [5.74, 6) is -0.331. The molecule has 3 heteroatoms. The molecule has 0 aliphatic carbocycles. The quantitative estimate of drug-likeness (QED) is 0.649. The summed E-state index contributed by atoms with van der Waals surface area (Å²) < 4.78 is 0. The highest BCUT2D eigenvalue weighted by Gasteiger charge is 2.31. The summed E-state index contributed by atoms with van der Waals surface area (Å²) in [4.78, 5) is 24.3. The van der Waals surface area contributed by atoms with Crippen molar-refractivity contribution in [3.8, 4) is 0 Å². The standard InChI is InChI=1S/C13H21NO2/c1-4-6-9-13(3,5-2)10-14-11(15)7-8-12(14)16/h7-8H,4-6,9-10H2,1-3H3. The van der Waals surface area contributed by atoms with E-state index in [2.05, 4.69) is 20.8 Å². The molecule has 0 aromatic heterocycles. The van der Waals surface area contributed by atoms with Crippen LogP contribution in [-0.4, -0.2) is 23.3 Å². The van der Waals surface area contributed by atoms with Crippen LogP contribution in [0.2, 0.25) is 0 Å². The van der Waals surface area contributed by atoms with Crippen LogP contribution in [0.5, 0.6) is 0 Å². The molecular weight excluding hydrogens is 202 g/mol. The van der Waals surface area contributed by atoms with E-state index in [1.165, 1.54) is 17.1 Å². The van der Waals surface area contributed by atoms with Crippen molar-refractivity contribution < 1.29 is 9.59 Å². The fourth-order valence-electron chi connectivity index (χ4n) is 1.94. The number of rotatable bonds is 6. The lowest BCUT2D eigenvalue weighted by Crippen LogP contribution is -2.39. The molecule has 0 aromatic rings. The molecule has 1 aliphatic heterocycles. The maximum Gasteiger partial charge on any atom is 0.253 e. The van der Waals surface area contributed by atoms with Crippen molar-refractivity contribution in [2.24, 2.45) is 5.41 Å². The Morgan fingerprint density at radius 1 is 1.19 bits per heavy atom. The SMILES string of the molecule is CCCCC(C)(CC)CN1C(=O)C=CC1=O. The van der Waals surface area contributed by atoms with E-state index in [4.69, 9.17) is 0 Å². The Labute approximate surface area is 97.5 Å². The fraction of sp³-hybridized carbons (Fsp3) is 0.692. The minimum absolute atomic E-state index is 0.0628. The van der Waals surface area contributed by atoms with Crippen LogP contribution in [0.4, 0.5) is 0 Å². The first-order valence-corrected chi connectivity index (χ1v) is 6.06. The van der Waals surface area contributed by atoms with Gasteiger partial charge in [0.25, 0.3) is 11.8 Å². The number of nitrogens with zero attached hydrogens (tertiary/aromatic N) is 1. The molecule has 1 aliphatic rings. The third kappa shape index (κ3) is 2.94. The molecule has 2 amide bonds. The van der Waals surface area contributed by atoms with Gasteiger partial charge in [-0.1, -0.05) is 33.6 Å². The highest BCUT2D eigenvalue weighted by molar-refractivity contribution is 6.12. The van der Waals surface area contributed by atoms with E-state index in [9.17, 15) is 9.59 Å². The Bertz CT molecular complexity index is 291. The Balaban J connectivity index is 2.62. The van der Waals surface area contributed by atoms with E-state index in [0.29, 0.717) is 6.54 Å². The summed E-state index contributed by atoms with van der Waals surface area (Å²) in [6.45, 7) is 6.98. The van der Waals surface area contributed by atoms with Crippen LogP contribution in [0.25, 0.3) is 0 Å². The summed E-state index contributed by atoms with van der Waals surface area (Å²) >= 11 is 0. The lowest BCUT2D eigenvalue weighted by atomic mass is 9.82. The van der Waals surface area contributed by atoms with Gasteiger partial charge in [0.1, 0.15) is 0 Å². The normalized spacial score (nSPS) is 19.3. The predicted molar refractivity (Wildman–Crippen MR) is 63.8 cm³/mol. The van der Waals surface area contributed by atoms with Gasteiger partial charge >= 0.3 is 0 Å². The molecule has 0 radical (unpaired) electrons. The molecule has 0 N–H and O–H groups in total. The topological polar surface area (TPSA) is 37.4 Å². The lowest BCUT2D eigenvalue weighted by Gasteiger charge is -2.32. The number of unbranched alkanes of at least 4 members (excludes halogenated alkanes) is 1. The number of carbonyl (C=O) groups excluding carboxylic acids is 2. The van der Waals surface area contributed by atoms with Crippen LogP contribution in [0, 0.1) is 5.41 Å². The first-order chi connectivity index (χ1) is 7.52. The molecule has 0 aromatic carbocycles. The molecule has 1 unspecified atom stereocenters. The summed E-state index contributed by atoms with van der Waals surface area (Å²) in [5.41, 5.74) is 0.0628. The second-order valence-electron chi connectivity index (χ2n) is 4.86. The van der Waals surface area contributed by atoms with Crippen LogP contribution in [0.3, 0.4) is 0 Å². The van der Waals surface area contributed by atoms with Crippen LogP contribution in [-0.2, 0) is 9.59 Å². The van der Waals surface area contributed by atoms with E-state index < -0.39 is 0 Å². The van der Waals surface area contributed by atoms with Crippen molar-refractivity contribution in [3.63, 3.8) is 0 Å². The van der Waals surface area contributed by atoms with E-state index in [1.54, 1.807) is 0 Å². The second kappa shape index (κ2) is 5.28. The third-order valence-electron chi connectivity index (χ3n) is 3.43. The Morgan fingerprint density at radius 3 is 2.19 bits per heavy atom. The molecule has 3 nitrogen and oxygen atoms in total. The van der Waals surface area contributed by atoms with E-state index in [0.717, 1.165) is 25.7 Å². The summed E-state index contributed by atoms with van der Waals surface area (Å²) in [6, 6.07) is 0. The van der Waals surface area contributed by atoms with Crippen molar-refractivity contribution in [1.29, 1.82) is 0 Å². The molecule has 1 heterocycles. The Kier molecular flexibility index (Phi) is 4.27. The second-order valence-corrected chi connectivity index (χ2v) is 4.86. The highest BCUT2D eigenvalue weighted by Crippen LogP contribution is 2.30. The number of imide groups is 1. The average molecular weight is 223 g/mol. The fourth-order valence-corrected chi connectivity index (χ4v) is 1.94. The molecule has 0 saturated carbocycles. The maximum atomic E-state index is 11.5. The van der Waals surface area contributed by atoms with E-state index >= 15 is 0 Å². The van der Waals surface area contributed by atoms with Gasteiger partial charge in [0.05, 0.1) is 0 Å². The van der Waals surface area contributed by atoms with Gasteiger partial charge in [0.2, 0.25) is 0 Å². The molecule has 0 bridgehead atoms. The minimum atomic E-state index is -0.166. The lowest BCUT2D eigenvalue weighted by molar-refractivity contribution is -0.138. The maximum absolute atomic E-state index is 11.5. The van der Waals surface area contributed by atoms with Crippen LogP contribution in [0.1, 0.15) is 46.5 Å². The molecule has 1 rings (SSSR count). The average Bonchev–Trinajstić information content (AvgIpc) is 2.58. The van der Waals surface area contributed by atoms with Gasteiger partial charge in [-0.15, -0.1) is 0 Å². The molecule has 1 atom stereocenters. The summed E-state index contributed by atoms with van der Waals surface area (Å²) in [5, 5.41) is 0. The molecule has 0 spiro atoms. The number of carbonyl (C=O) groups is 2. The van der Waals surface area contributed by atoms with E-state index in [1.807, 2.05) is 0 Å². The van der Waals surface area contributed by atoms with Gasteiger partial charge in [-0.2, -0.15) is 0 Å². The predicted octanol–water partition coefficient (Wildman–Crippen LogP) is 2.52. The smallest absolute Gasteiger partial charge is 0.253 e. The molecular formula is C13H21NO2. The summed E-state index contributed by atoms with van der Waals surface area (Å²) in [7, 11) is 0. The molecule has 16 heavy (non-hydrogen) atoms. The van der Waals surface area contributed by atoms with Gasteiger partial charge in [-0.3, -0.25) is 14.5 Å². The van der Waals surface area contributed by atoms with E-state index in [-0.39, 0.29) is 17.2 Å². The van der Waals surface area contributed by atoms with Crippen LogP contribution < -0.4 is 0 Å². The number of hydrogen-bond acceptors (Lipinski definition) is 2. The van der Waals surface area contributed by atoms with Gasteiger partial charge in [-0.05, 0) is 18.3 Å². The zero-order valence-electron chi connectivity index (χ0n) is 10.5. The van der Waals surface area contributed by atoms with Crippen molar-refractivity contribution >= 4 is 11.8 Å². The largest absolute Gasteiger partial charge is 0.275 e. The monoisotopic (exact) mass is 223 g/mol. The first kappa shape index (κ1) is 12.9. The van der Waals surface area contributed by atoms with Gasteiger partial charge in [0, 0.05) is 18.7 Å². The van der Waals surface area contributed by atoms with Crippen LogP contribution in [0.15, 0.2) is 12.2 Å². The number of hydrogen-bond donors (Lipinski definition) is 0. The van der Waals surface area contributed by atoms with Crippen molar-refractivity contribution in [2.45, 2.75) is 46.5 Å². The zero-order valence-corrected chi connectivity index (χ0v) is 10.5. The van der Waals surface area contributed by atoms with Crippen LogP contribution >= 0.6 is 0 Å². The van der Waals surface area contributed by atoms with Gasteiger partial charge in [-0.25, -0.2) is 0 Å². The number of amides is 2.